The zero-order chi connectivity index (χ0) is 19.8. The molecular weight excluding hydrogens is 346 g/mol. The standard InChI is InChI=1S/C24H33N3O/c1-3-4-15-25(2)23-13-11-22(12-14-23)24(28)27-17-8-16-26(18-19-27)20-21-9-6-5-7-10-21/h5-7,9-14H,3-4,8,15-20H2,1-2H3. The van der Waals surface area contributed by atoms with Crippen molar-refractivity contribution in [1.82, 2.24) is 9.80 Å². The van der Waals surface area contributed by atoms with E-state index in [1.807, 2.05) is 17.0 Å². The van der Waals surface area contributed by atoms with Crippen LogP contribution < -0.4 is 4.90 Å². The fourth-order valence-electron chi connectivity index (χ4n) is 3.74. The van der Waals surface area contributed by atoms with E-state index < -0.39 is 0 Å². The summed E-state index contributed by atoms with van der Waals surface area (Å²) in [7, 11) is 2.11. The van der Waals surface area contributed by atoms with Gasteiger partial charge in [0.25, 0.3) is 5.91 Å². The minimum Gasteiger partial charge on any atom is -0.375 e. The molecule has 28 heavy (non-hydrogen) atoms. The number of nitrogens with zero attached hydrogens (tertiary/aromatic N) is 3. The molecule has 0 bridgehead atoms. The van der Waals surface area contributed by atoms with Gasteiger partial charge in [0.15, 0.2) is 0 Å². The number of unbranched alkanes of at least 4 members (excludes halogenated alkanes) is 1. The van der Waals surface area contributed by atoms with E-state index in [4.69, 9.17) is 0 Å². The van der Waals surface area contributed by atoms with E-state index in [2.05, 4.69) is 66.2 Å². The molecule has 0 atom stereocenters. The van der Waals surface area contributed by atoms with Crippen LogP contribution in [0.5, 0.6) is 0 Å². The van der Waals surface area contributed by atoms with Gasteiger partial charge in [-0.2, -0.15) is 0 Å². The minimum atomic E-state index is 0.157. The van der Waals surface area contributed by atoms with E-state index in [1.165, 1.54) is 24.1 Å². The lowest BCUT2D eigenvalue weighted by Crippen LogP contribution is -2.35. The molecule has 2 aromatic carbocycles. The summed E-state index contributed by atoms with van der Waals surface area (Å²) in [5.74, 6) is 0.157. The molecule has 0 spiro atoms. The molecule has 2 aromatic rings. The first-order valence-corrected chi connectivity index (χ1v) is 10.5. The molecule has 0 unspecified atom stereocenters. The molecule has 150 valence electrons. The molecule has 4 heteroatoms. The smallest absolute Gasteiger partial charge is 0.253 e. The molecule has 1 aliphatic rings. The van der Waals surface area contributed by atoms with Crippen molar-refractivity contribution in [2.24, 2.45) is 0 Å². The van der Waals surface area contributed by atoms with Gasteiger partial charge in [-0.3, -0.25) is 9.69 Å². The first-order valence-electron chi connectivity index (χ1n) is 10.5. The molecular formula is C24H33N3O. The number of rotatable bonds is 7. The van der Waals surface area contributed by atoms with Crippen LogP contribution in [-0.2, 0) is 6.54 Å². The molecule has 0 saturated carbocycles. The number of hydrogen-bond acceptors (Lipinski definition) is 3. The lowest BCUT2D eigenvalue weighted by molar-refractivity contribution is 0.0761. The van der Waals surface area contributed by atoms with Crippen molar-refractivity contribution in [3.05, 3.63) is 65.7 Å². The number of anilines is 1. The first-order chi connectivity index (χ1) is 13.7. The summed E-state index contributed by atoms with van der Waals surface area (Å²) in [6.45, 7) is 7.82. The first kappa shape index (κ1) is 20.4. The lowest BCUT2D eigenvalue weighted by Gasteiger charge is -2.23. The van der Waals surface area contributed by atoms with E-state index in [9.17, 15) is 4.79 Å². The van der Waals surface area contributed by atoms with Gasteiger partial charge in [-0.15, -0.1) is 0 Å². The highest BCUT2D eigenvalue weighted by Crippen LogP contribution is 2.17. The van der Waals surface area contributed by atoms with Gasteiger partial charge in [0.2, 0.25) is 0 Å². The Bertz CT molecular complexity index is 729. The van der Waals surface area contributed by atoms with Crippen molar-refractivity contribution in [1.29, 1.82) is 0 Å². The van der Waals surface area contributed by atoms with Crippen LogP contribution in [0.3, 0.4) is 0 Å². The molecule has 1 fully saturated rings. The Balaban J connectivity index is 1.55. The van der Waals surface area contributed by atoms with E-state index in [1.54, 1.807) is 0 Å². The summed E-state index contributed by atoms with van der Waals surface area (Å²) >= 11 is 0. The van der Waals surface area contributed by atoms with E-state index in [0.717, 1.165) is 51.3 Å². The second-order valence-corrected chi connectivity index (χ2v) is 7.73. The van der Waals surface area contributed by atoms with Gasteiger partial charge in [0.05, 0.1) is 0 Å². The number of carbonyl (C=O) groups excluding carboxylic acids is 1. The van der Waals surface area contributed by atoms with Crippen LogP contribution in [0.1, 0.15) is 42.1 Å². The molecule has 0 aromatic heterocycles. The molecule has 4 nitrogen and oxygen atoms in total. The zero-order valence-electron chi connectivity index (χ0n) is 17.3. The highest BCUT2D eigenvalue weighted by atomic mass is 16.2. The largest absolute Gasteiger partial charge is 0.375 e. The Morgan fingerprint density at radius 1 is 0.964 bits per heavy atom. The Morgan fingerprint density at radius 3 is 2.43 bits per heavy atom. The van der Waals surface area contributed by atoms with Crippen LogP contribution in [0.15, 0.2) is 54.6 Å². The van der Waals surface area contributed by atoms with E-state index in [0.29, 0.717) is 0 Å². The second-order valence-electron chi connectivity index (χ2n) is 7.73. The average molecular weight is 380 g/mol. The van der Waals surface area contributed by atoms with Crippen molar-refractivity contribution < 1.29 is 4.79 Å². The van der Waals surface area contributed by atoms with Crippen LogP contribution in [0.25, 0.3) is 0 Å². The van der Waals surface area contributed by atoms with Crippen molar-refractivity contribution >= 4 is 11.6 Å². The van der Waals surface area contributed by atoms with Gasteiger partial charge in [0.1, 0.15) is 0 Å². The third-order valence-corrected chi connectivity index (χ3v) is 5.53. The van der Waals surface area contributed by atoms with Crippen LogP contribution in [0.2, 0.25) is 0 Å². The van der Waals surface area contributed by atoms with Crippen LogP contribution in [0.4, 0.5) is 5.69 Å². The molecule has 0 aliphatic carbocycles. The summed E-state index contributed by atoms with van der Waals surface area (Å²) in [5, 5.41) is 0. The zero-order valence-corrected chi connectivity index (χ0v) is 17.3. The highest BCUT2D eigenvalue weighted by Gasteiger charge is 2.20. The molecule has 1 aliphatic heterocycles. The van der Waals surface area contributed by atoms with Crippen molar-refractivity contribution in [2.45, 2.75) is 32.7 Å². The Labute approximate surface area is 169 Å². The summed E-state index contributed by atoms with van der Waals surface area (Å²) in [6.07, 6.45) is 3.40. The van der Waals surface area contributed by atoms with Crippen LogP contribution in [-0.4, -0.2) is 55.5 Å². The third-order valence-electron chi connectivity index (χ3n) is 5.53. The second kappa shape index (κ2) is 10.3. The van der Waals surface area contributed by atoms with E-state index >= 15 is 0 Å². The summed E-state index contributed by atoms with van der Waals surface area (Å²) in [4.78, 5) is 19.7. The Kier molecular flexibility index (Phi) is 7.49. The normalized spacial score (nSPS) is 15.3. The predicted molar refractivity (Wildman–Crippen MR) is 117 cm³/mol. The molecule has 0 N–H and O–H groups in total. The maximum atomic E-state index is 13.0. The number of carbonyl (C=O) groups is 1. The monoisotopic (exact) mass is 379 g/mol. The van der Waals surface area contributed by atoms with Gasteiger partial charge >= 0.3 is 0 Å². The predicted octanol–water partition coefficient (Wildman–Crippen LogP) is 4.27. The molecule has 1 saturated heterocycles. The van der Waals surface area contributed by atoms with Gasteiger partial charge in [0, 0.05) is 57.6 Å². The van der Waals surface area contributed by atoms with Crippen molar-refractivity contribution in [2.75, 3.05) is 44.7 Å². The minimum absolute atomic E-state index is 0.157. The van der Waals surface area contributed by atoms with Gasteiger partial charge < -0.3 is 9.80 Å². The maximum absolute atomic E-state index is 13.0. The number of hydrogen-bond donors (Lipinski definition) is 0. The molecule has 0 radical (unpaired) electrons. The van der Waals surface area contributed by atoms with E-state index in [-0.39, 0.29) is 5.91 Å². The number of amides is 1. The summed E-state index contributed by atoms with van der Waals surface area (Å²) in [5.41, 5.74) is 3.31. The third kappa shape index (κ3) is 5.59. The summed E-state index contributed by atoms with van der Waals surface area (Å²) < 4.78 is 0. The number of benzene rings is 2. The molecule has 1 heterocycles. The average Bonchev–Trinajstić information content (AvgIpc) is 2.98. The molecule has 3 rings (SSSR count). The fraction of sp³-hybridized carbons (Fsp3) is 0.458. The Morgan fingerprint density at radius 2 is 1.71 bits per heavy atom. The fourth-order valence-corrected chi connectivity index (χ4v) is 3.74. The van der Waals surface area contributed by atoms with Gasteiger partial charge in [-0.25, -0.2) is 0 Å². The van der Waals surface area contributed by atoms with Crippen molar-refractivity contribution in [3.8, 4) is 0 Å². The summed E-state index contributed by atoms with van der Waals surface area (Å²) in [6, 6.07) is 18.7. The van der Waals surface area contributed by atoms with Crippen molar-refractivity contribution in [3.63, 3.8) is 0 Å². The highest BCUT2D eigenvalue weighted by molar-refractivity contribution is 5.94. The van der Waals surface area contributed by atoms with Gasteiger partial charge in [-0.05, 0) is 42.7 Å². The van der Waals surface area contributed by atoms with Crippen LogP contribution >= 0.6 is 0 Å². The quantitative estimate of drug-likeness (QED) is 0.719. The topological polar surface area (TPSA) is 26.8 Å². The van der Waals surface area contributed by atoms with Gasteiger partial charge in [-0.1, -0.05) is 43.7 Å². The Hall–Kier alpha value is -2.33. The molecule has 1 amide bonds. The lowest BCUT2D eigenvalue weighted by atomic mass is 10.1. The SMILES string of the molecule is CCCCN(C)c1ccc(C(=O)N2CCCN(Cc3ccccc3)CC2)cc1. The maximum Gasteiger partial charge on any atom is 0.253 e. The van der Waals surface area contributed by atoms with Crippen LogP contribution in [0, 0.1) is 0 Å².